The Morgan fingerprint density at radius 3 is 2.75 bits per heavy atom. The fourth-order valence-corrected chi connectivity index (χ4v) is 2.30. The van der Waals surface area contributed by atoms with Crippen LogP contribution in [0, 0.1) is 5.41 Å². The van der Waals surface area contributed by atoms with Gasteiger partial charge in [-0.15, -0.1) is 0 Å². The fourth-order valence-electron chi connectivity index (χ4n) is 2.30. The molecule has 0 unspecified atom stereocenters. The Balaban J connectivity index is 2.89. The van der Waals surface area contributed by atoms with Crippen LogP contribution in [0.5, 0.6) is 0 Å². The summed E-state index contributed by atoms with van der Waals surface area (Å²) in [5, 5.41) is 0. The van der Waals surface area contributed by atoms with Crippen molar-refractivity contribution in [1.29, 1.82) is 0 Å². The molecule has 0 bridgehead atoms. The number of carbonyl (C=O) groups is 2. The maximum Gasteiger partial charge on any atom is 0.309 e. The molecular formula is C13H20O3. The van der Waals surface area contributed by atoms with Crippen molar-refractivity contribution in [3.63, 3.8) is 0 Å². The Bertz CT molecular complexity index is 313. The highest BCUT2D eigenvalue weighted by atomic mass is 16.5. The lowest BCUT2D eigenvalue weighted by Crippen LogP contribution is -2.24. The van der Waals surface area contributed by atoms with Gasteiger partial charge in [0.2, 0.25) is 0 Å². The second-order valence-corrected chi connectivity index (χ2v) is 4.84. The van der Waals surface area contributed by atoms with E-state index in [1.54, 1.807) is 6.92 Å². The summed E-state index contributed by atoms with van der Waals surface area (Å²) >= 11 is 0. The molecule has 90 valence electrons. The summed E-state index contributed by atoms with van der Waals surface area (Å²) in [7, 11) is 0. The van der Waals surface area contributed by atoms with Crippen LogP contribution in [0.15, 0.2) is 11.1 Å². The Morgan fingerprint density at radius 1 is 1.50 bits per heavy atom. The van der Waals surface area contributed by atoms with Gasteiger partial charge in [0.1, 0.15) is 6.29 Å². The molecule has 1 aliphatic carbocycles. The zero-order chi connectivity index (χ0) is 12.2. The van der Waals surface area contributed by atoms with Gasteiger partial charge in [-0.2, -0.15) is 0 Å². The predicted molar refractivity (Wildman–Crippen MR) is 62.0 cm³/mol. The van der Waals surface area contributed by atoms with Crippen molar-refractivity contribution in [2.24, 2.45) is 5.41 Å². The van der Waals surface area contributed by atoms with Gasteiger partial charge in [0, 0.05) is 0 Å². The molecule has 1 aliphatic rings. The number of hydrogen-bond acceptors (Lipinski definition) is 3. The second-order valence-electron chi connectivity index (χ2n) is 4.84. The van der Waals surface area contributed by atoms with Crippen LogP contribution in [-0.2, 0) is 14.3 Å². The molecule has 16 heavy (non-hydrogen) atoms. The summed E-state index contributed by atoms with van der Waals surface area (Å²) in [5.74, 6) is -0.230. The number of allylic oxidation sites excluding steroid dienone is 1. The maximum absolute atomic E-state index is 11.5. The van der Waals surface area contributed by atoms with Crippen molar-refractivity contribution in [3.05, 3.63) is 11.1 Å². The van der Waals surface area contributed by atoms with Crippen molar-refractivity contribution in [2.75, 3.05) is 6.61 Å². The lowest BCUT2D eigenvalue weighted by molar-refractivity contribution is -0.142. The van der Waals surface area contributed by atoms with Crippen LogP contribution in [0.3, 0.4) is 0 Å². The van der Waals surface area contributed by atoms with E-state index in [0.29, 0.717) is 6.61 Å². The standard InChI is InChI=1S/C13H20O3/c1-4-16-12(15)8-11-10(9-14)6-5-7-13(11,2)3/h9H,4-8H2,1-3H3. The summed E-state index contributed by atoms with van der Waals surface area (Å²) in [6.45, 7) is 6.36. The minimum atomic E-state index is -0.230. The zero-order valence-corrected chi connectivity index (χ0v) is 10.3. The lowest BCUT2D eigenvalue weighted by Gasteiger charge is -2.33. The summed E-state index contributed by atoms with van der Waals surface area (Å²) in [5.41, 5.74) is 1.71. The first kappa shape index (κ1) is 12.9. The third-order valence-electron chi connectivity index (χ3n) is 3.22. The van der Waals surface area contributed by atoms with Gasteiger partial charge in [0.05, 0.1) is 13.0 Å². The molecule has 0 aliphatic heterocycles. The minimum absolute atomic E-state index is 0.0543. The molecule has 0 aromatic heterocycles. The van der Waals surface area contributed by atoms with E-state index in [0.717, 1.165) is 36.7 Å². The Hall–Kier alpha value is -1.12. The van der Waals surface area contributed by atoms with Crippen LogP contribution in [0.2, 0.25) is 0 Å². The average Bonchev–Trinajstić information content (AvgIpc) is 2.21. The molecular weight excluding hydrogens is 204 g/mol. The molecule has 0 saturated carbocycles. The zero-order valence-electron chi connectivity index (χ0n) is 10.3. The lowest BCUT2D eigenvalue weighted by atomic mass is 9.71. The monoisotopic (exact) mass is 224 g/mol. The number of carbonyl (C=O) groups excluding carboxylic acids is 2. The molecule has 0 fully saturated rings. The Morgan fingerprint density at radius 2 is 2.19 bits per heavy atom. The maximum atomic E-state index is 11.5. The van der Waals surface area contributed by atoms with E-state index in [1.165, 1.54) is 0 Å². The van der Waals surface area contributed by atoms with Gasteiger partial charge in [-0.25, -0.2) is 0 Å². The highest BCUT2D eigenvalue weighted by Gasteiger charge is 2.31. The normalized spacial score (nSPS) is 19.4. The van der Waals surface area contributed by atoms with Gasteiger partial charge >= 0.3 is 5.97 Å². The van der Waals surface area contributed by atoms with E-state index in [2.05, 4.69) is 13.8 Å². The van der Waals surface area contributed by atoms with E-state index in [4.69, 9.17) is 4.74 Å². The molecule has 1 rings (SSSR count). The van der Waals surface area contributed by atoms with Crippen molar-refractivity contribution in [1.82, 2.24) is 0 Å². The molecule has 0 spiro atoms. The van der Waals surface area contributed by atoms with E-state index in [1.807, 2.05) is 0 Å². The minimum Gasteiger partial charge on any atom is -0.466 e. The van der Waals surface area contributed by atoms with Gasteiger partial charge in [-0.05, 0) is 42.7 Å². The van der Waals surface area contributed by atoms with Gasteiger partial charge in [0.25, 0.3) is 0 Å². The molecule has 0 radical (unpaired) electrons. The summed E-state index contributed by atoms with van der Waals surface area (Å²) < 4.78 is 4.94. The third kappa shape index (κ3) is 2.94. The highest BCUT2D eigenvalue weighted by Crippen LogP contribution is 2.41. The Kier molecular flexibility index (Phi) is 4.27. The van der Waals surface area contributed by atoms with Crippen molar-refractivity contribution in [2.45, 2.75) is 46.5 Å². The molecule has 0 heterocycles. The number of hydrogen-bond donors (Lipinski definition) is 0. The van der Waals surface area contributed by atoms with Crippen molar-refractivity contribution in [3.8, 4) is 0 Å². The number of ether oxygens (including phenoxy) is 1. The van der Waals surface area contributed by atoms with Crippen molar-refractivity contribution >= 4 is 12.3 Å². The SMILES string of the molecule is CCOC(=O)CC1=C(C=O)CCCC1(C)C. The van der Waals surface area contributed by atoms with E-state index in [-0.39, 0.29) is 17.8 Å². The smallest absolute Gasteiger partial charge is 0.309 e. The van der Waals surface area contributed by atoms with E-state index < -0.39 is 0 Å². The summed E-state index contributed by atoms with van der Waals surface area (Å²) in [6, 6.07) is 0. The summed E-state index contributed by atoms with van der Waals surface area (Å²) in [4.78, 5) is 22.5. The molecule has 0 aromatic carbocycles. The molecule has 0 atom stereocenters. The number of esters is 1. The van der Waals surface area contributed by atoms with Crippen LogP contribution in [0.4, 0.5) is 0 Å². The van der Waals surface area contributed by atoms with Gasteiger partial charge in [-0.3, -0.25) is 9.59 Å². The largest absolute Gasteiger partial charge is 0.466 e. The van der Waals surface area contributed by atoms with Gasteiger partial charge in [-0.1, -0.05) is 13.8 Å². The molecule has 0 aromatic rings. The van der Waals surface area contributed by atoms with Crippen LogP contribution in [-0.4, -0.2) is 18.9 Å². The Labute approximate surface area is 96.9 Å². The van der Waals surface area contributed by atoms with Crippen LogP contribution >= 0.6 is 0 Å². The third-order valence-corrected chi connectivity index (χ3v) is 3.22. The second kappa shape index (κ2) is 5.28. The van der Waals surface area contributed by atoms with Crippen LogP contribution in [0.25, 0.3) is 0 Å². The topological polar surface area (TPSA) is 43.4 Å². The number of aldehydes is 1. The first-order chi connectivity index (χ1) is 7.51. The molecule has 3 nitrogen and oxygen atoms in total. The van der Waals surface area contributed by atoms with Gasteiger partial charge < -0.3 is 4.74 Å². The van der Waals surface area contributed by atoms with E-state index in [9.17, 15) is 9.59 Å². The quantitative estimate of drug-likeness (QED) is 0.544. The molecule has 0 N–H and O–H groups in total. The highest BCUT2D eigenvalue weighted by molar-refractivity contribution is 5.80. The van der Waals surface area contributed by atoms with E-state index >= 15 is 0 Å². The van der Waals surface area contributed by atoms with Gasteiger partial charge in [0.15, 0.2) is 0 Å². The molecule has 3 heteroatoms. The fraction of sp³-hybridized carbons (Fsp3) is 0.692. The van der Waals surface area contributed by atoms with Crippen LogP contribution in [0.1, 0.15) is 46.5 Å². The predicted octanol–water partition coefficient (Wildman–Crippen LogP) is 2.65. The number of rotatable bonds is 4. The first-order valence-electron chi connectivity index (χ1n) is 5.84. The first-order valence-corrected chi connectivity index (χ1v) is 5.84. The average molecular weight is 224 g/mol. The molecule has 0 amide bonds. The van der Waals surface area contributed by atoms with Crippen molar-refractivity contribution < 1.29 is 14.3 Å². The molecule has 0 saturated heterocycles. The summed E-state index contributed by atoms with van der Waals surface area (Å²) in [6.07, 6.45) is 4.00. The van der Waals surface area contributed by atoms with Crippen LogP contribution < -0.4 is 0 Å².